The molecule has 0 radical (unpaired) electrons. The number of aromatic nitrogens is 3. The van der Waals surface area contributed by atoms with Crippen LogP contribution in [0.4, 0.5) is 30.4 Å². The summed E-state index contributed by atoms with van der Waals surface area (Å²) in [6.07, 6.45) is -3.12. The fourth-order valence-electron chi connectivity index (χ4n) is 4.42. The number of allylic oxidation sites excluding steroid dienone is 1. The van der Waals surface area contributed by atoms with Crippen LogP contribution in [0, 0.1) is 18.3 Å². The number of nitrogens with one attached hydrogen (secondary N) is 3. The predicted octanol–water partition coefficient (Wildman–Crippen LogP) is 6.10. The largest absolute Gasteiger partial charge is 0.416 e. The highest BCUT2D eigenvalue weighted by Gasteiger charge is 2.31. The van der Waals surface area contributed by atoms with Gasteiger partial charge in [-0.25, -0.2) is 9.97 Å². The van der Waals surface area contributed by atoms with E-state index in [1.165, 1.54) is 12.3 Å². The molecule has 0 saturated carbocycles. The van der Waals surface area contributed by atoms with Crippen molar-refractivity contribution in [1.29, 1.82) is 5.26 Å². The number of amides is 1. The van der Waals surface area contributed by atoms with E-state index in [0.29, 0.717) is 39.1 Å². The first kappa shape index (κ1) is 28.0. The van der Waals surface area contributed by atoms with E-state index in [2.05, 4.69) is 27.0 Å². The van der Waals surface area contributed by atoms with Crippen molar-refractivity contribution in [3.63, 3.8) is 0 Å². The molecule has 0 saturated heterocycles. The maximum Gasteiger partial charge on any atom is 0.416 e. The molecule has 5 aromatic rings. The summed E-state index contributed by atoms with van der Waals surface area (Å²) in [7, 11) is 1.68. The third-order valence-corrected chi connectivity index (χ3v) is 6.69. The van der Waals surface area contributed by atoms with Crippen LogP contribution in [-0.4, -0.2) is 27.5 Å². The number of carbonyl (C=O) groups is 1. The molecule has 0 aliphatic carbocycles. The number of hydrogen-bond donors (Lipinski definition) is 4. The molecule has 9 nitrogen and oxygen atoms in total. The Bertz CT molecular complexity index is 1940. The molecule has 2 aromatic heterocycles. The van der Waals surface area contributed by atoms with Gasteiger partial charge in [-0.3, -0.25) is 9.36 Å². The molecule has 0 aliphatic heterocycles. The number of rotatable bonds is 6. The van der Waals surface area contributed by atoms with E-state index in [-0.39, 0.29) is 28.3 Å². The first-order valence-electron chi connectivity index (χ1n) is 12.7. The molecule has 0 aliphatic rings. The highest BCUT2D eigenvalue weighted by Crippen LogP contribution is 2.35. The van der Waals surface area contributed by atoms with E-state index in [1.807, 2.05) is 12.1 Å². The van der Waals surface area contributed by atoms with Crippen molar-refractivity contribution in [2.75, 3.05) is 23.4 Å². The standard InChI is InChI=1S/C30H25F3N8O/c1-16-8-9-18(29(42)38-21-12-19(30(31,32)33)11-20(13-21)37-15-17(2)36-3)10-25(16)41-27(35)22(14-34)26-28(41)40-24-7-5-4-6-23(24)39-26/h4-13,15,36-37H,35H2,1-3H3,(H,38,42)/b17-15-. The summed E-state index contributed by atoms with van der Waals surface area (Å²) in [6, 6.07) is 17.3. The van der Waals surface area contributed by atoms with Gasteiger partial charge in [0.1, 0.15) is 23.0 Å². The van der Waals surface area contributed by atoms with Gasteiger partial charge in [-0.15, -0.1) is 0 Å². The van der Waals surface area contributed by atoms with Crippen molar-refractivity contribution in [2.45, 2.75) is 20.0 Å². The van der Waals surface area contributed by atoms with E-state index in [1.54, 1.807) is 55.8 Å². The first-order valence-corrected chi connectivity index (χ1v) is 12.7. The van der Waals surface area contributed by atoms with Crippen LogP contribution >= 0.6 is 0 Å². The number of nitriles is 1. The highest BCUT2D eigenvalue weighted by molar-refractivity contribution is 6.05. The second-order valence-electron chi connectivity index (χ2n) is 9.57. The quantitative estimate of drug-likeness (QED) is 0.194. The maximum absolute atomic E-state index is 13.6. The van der Waals surface area contributed by atoms with Gasteiger partial charge < -0.3 is 21.7 Å². The Morgan fingerprint density at radius 2 is 1.74 bits per heavy atom. The molecule has 3 aromatic carbocycles. The molecule has 2 heterocycles. The van der Waals surface area contributed by atoms with Gasteiger partial charge in [0.25, 0.3) is 5.91 Å². The van der Waals surface area contributed by atoms with Crippen LogP contribution in [0.15, 0.2) is 72.6 Å². The topological polar surface area (TPSA) is 134 Å². The third kappa shape index (κ3) is 5.27. The van der Waals surface area contributed by atoms with Crippen LogP contribution in [-0.2, 0) is 6.18 Å². The molecule has 5 rings (SSSR count). The summed E-state index contributed by atoms with van der Waals surface area (Å²) < 4.78 is 42.5. The zero-order valence-electron chi connectivity index (χ0n) is 22.8. The van der Waals surface area contributed by atoms with Gasteiger partial charge in [-0.2, -0.15) is 18.4 Å². The van der Waals surface area contributed by atoms with Crippen LogP contribution in [0.5, 0.6) is 0 Å². The van der Waals surface area contributed by atoms with Gasteiger partial charge >= 0.3 is 6.18 Å². The van der Waals surface area contributed by atoms with Crippen molar-refractivity contribution < 1.29 is 18.0 Å². The van der Waals surface area contributed by atoms with Crippen LogP contribution in [0.25, 0.3) is 27.9 Å². The number of alkyl halides is 3. The van der Waals surface area contributed by atoms with E-state index >= 15 is 0 Å². The zero-order valence-corrected chi connectivity index (χ0v) is 22.8. The van der Waals surface area contributed by atoms with Gasteiger partial charge in [-0.1, -0.05) is 18.2 Å². The monoisotopic (exact) mass is 570 g/mol. The predicted molar refractivity (Wildman–Crippen MR) is 156 cm³/mol. The molecule has 1 amide bonds. The number of fused-ring (bicyclic) bond motifs is 2. The molecule has 42 heavy (non-hydrogen) atoms. The number of nitrogens with zero attached hydrogens (tertiary/aromatic N) is 4. The van der Waals surface area contributed by atoms with Crippen LogP contribution in [0.3, 0.4) is 0 Å². The first-order chi connectivity index (χ1) is 20.0. The molecule has 12 heteroatoms. The fourth-order valence-corrected chi connectivity index (χ4v) is 4.42. The van der Waals surface area contributed by atoms with E-state index in [0.717, 1.165) is 12.1 Å². The van der Waals surface area contributed by atoms with Crippen molar-refractivity contribution in [1.82, 2.24) is 19.9 Å². The van der Waals surface area contributed by atoms with Gasteiger partial charge in [0, 0.05) is 35.9 Å². The lowest BCUT2D eigenvalue weighted by Crippen LogP contribution is -2.15. The Balaban J connectivity index is 1.56. The summed E-state index contributed by atoms with van der Waals surface area (Å²) in [5.74, 6) is -0.544. The lowest BCUT2D eigenvalue weighted by Gasteiger charge is -2.15. The number of hydrogen-bond acceptors (Lipinski definition) is 7. The molecule has 212 valence electrons. The Hall–Kier alpha value is -5.57. The van der Waals surface area contributed by atoms with Crippen molar-refractivity contribution in [3.8, 4) is 11.8 Å². The Morgan fingerprint density at radius 1 is 1.05 bits per heavy atom. The molecule has 0 spiro atoms. The average Bonchev–Trinajstić information content (AvgIpc) is 3.23. The molecular formula is C30H25F3N8O. The number of nitrogen functional groups attached to an aromatic ring is 1. The average molecular weight is 571 g/mol. The van der Waals surface area contributed by atoms with Gasteiger partial charge in [-0.05, 0) is 61.9 Å². The molecule has 0 atom stereocenters. The Labute approximate surface area is 238 Å². The second-order valence-corrected chi connectivity index (χ2v) is 9.57. The number of aryl methyl sites for hydroxylation is 1. The van der Waals surface area contributed by atoms with Crippen molar-refractivity contribution in [2.24, 2.45) is 0 Å². The number of benzene rings is 3. The van der Waals surface area contributed by atoms with E-state index < -0.39 is 17.6 Å². The van der Waals surface area contributed by atoms with E-state index in [9.17, 15) is 23.2 Å². The van der Waals surface area contributed by atoms with E-state index in [4.69, 9.17) is 10.7 Å². The van der Waals surface area contributed by atoms with Crippen LogP contribution in [0.1, 0.15) is 34.0 Å². The number of nitrogens with two attached hydrogens (primary N) is 1. The highest BCUT2D eigenvalue weighted by atomic mass is 19.4. The van der Waals surface area contributed by atoms with Crippen molar-refractivity contribution in [3.05, 3.63) is 94.8 Å². The summed E-state index contributed by atoms with van der Waals surface area (Å²) in [4.78, 5) is 22.6. The number of anilines is 3. The minimum absolute atomic E-state index is 0.0509. The fraction of sp³-hybridized carbons (Fsp3) is 0.133. The third-order valence-electron chi connectivity index (χ3n) is 6.69. The molecule has 0 bridgehead atoms. The lowest BCUT2D eigenvalue weighted by atomic mass is 10.1. The summed E-state index contributed by atoms with van der Waals surface area (Å²) in [5.41, 5.74) is 9.58. The SMILES string of the molecule is CN/C(C)=C\Nc1cc(NC(=O)c2ccc(C)c(-n3c(N)c(C#N)c4nc5ccccc5nc43)c2)cc(C(F)(F)F)c1. The molecule has 5 N–H and O–H groups in total. The number of halogens is 3. The van der Waals surface area contributed by atoms with Gasteiger partial charge in [0.05, 0.1) is 22.3 Å². The van der Waals surface area contributed by atoms with Crippen molar-refractivity contribution >= 4 is 45.3 Å². The van der Waals surface area contributed by atoms with Crippen LogP contribution in [0.2, 0.25) is 0 Å². The lowest BCUT2D eigenvalue weighted by molar-refractivity contribution is -0.137. The Morgan fingerprint density at radius 3 is 2.40 bits per heavy atom. The summed E-state index contributed by atoms with van der Waals surface area (Å²) >= 11 is 0. The minimum atomic E-state index is -4.63. The summed E-state index contributed by atoms with van der Waals surface area (Å²) in [5, 5.41) is 18.1. The zero-order chi connectivity index (χ0) is 30.2. The van der Waals surface area contributed by atoms with Gasteiger partial charge in [0.2, 0.25) is 0 Å². The summed E-state index contributed by atoms with van der Waals surface area (Å²) in [6.45, 7) is 3.54. The molecule has 0 unspecified atom stereocenters. The van der Waals surface area contributed by atoms with Gasteiger partial charge in [0.15, 0.2) is 5.65 Å². The second kappa shape index (κ2) is 10.8. The number of carbonyl (C=O) groups excluding carboxylic acids is 1. The number of para-hydroxylation sites is 2. The molecule has 0 fully saturated rings. The minimum Gasteiger partial charge on any atom is -0.390 e. The normalized spacial score (nSPS) is 11.9. The Kier molecular flexibility index (Phi) is 7.18. The molecular weight excluding hydrogens is 545 g/mol. The van der Waals surface area contributed by atoms with Crippen LogP contribution < -0.4 is 21.7 Å². The smallest absolute Gasteiger partial charge is 0.390 e. The maximum atomic E-state index is 13.6.